The molecule has 1 heterocycles. The summed E-state index contributed by atoms with van der Waals surface area (Å²) in [5, 5.41) is 16.9. The van der Waals surface area contributed by atoms with Crippen LogP contribution in [0.5, 0.6) is 0 Å². The number of carboxylic acid groups (broad SMARTS) is 1. The van der Waals surface area contributed by atoms with Crippen LogP contribution in [-0.4, -0.2) is 49.5 Å². The fourth-order valence-electron chi connectivity index (χ4n) is 2.11. The zero-order chi connectivity index (χ0) is 15.7. The van der Waals surface area contributed by atoms with Crippen LogP contribution in [0.25, 0.3) is 5.69 Å². The van der Waals surface area contributed by atoms with Gasteiger partial charge in [0, 0.05) is 6.04 Å². The van der Waals surface area contributed by atoms with Crippen LogP contribution in [-0.2, 0) is 4.79 Å². The molecule has 8 heteroatoms. The standard InChI is InChI=1S/C14H13FN4O3/c15-9-1-3-11(4-2-9)19-16-7-12(17-19)14(22)18(8-13(20)21)10-5-6-10/h1-4,7,10H,5-6,8H2,(H,20,21). The lowest BCUT2D eigenvalue weighted by molar-refractivity contribution is -0.137. The van der Waals surface area contributed by atoms with Gasteiger partial charge in [-0.05, 0) is 37.1 Å². The van der Waals surface area contributed by atoms with E-state index in [-0.39, 0.29) is 24.1 Å². The molecule has 1 fully saturated rings. The fourth-order valence-corrected chi connectivity index (χ4v) is 2.11. The molecule has 1 saturated carbocycles. The van der Waals surface area contributed by atoms with Crippen LogP contribution in [0.1, 0.15) is 23.3 Å². The molecule has 0 radical (unpaired) electrons. The number of carboxylic acids is 1. The summed E-state index contributed by atoms with van der Waals surface area (Å²) in [6, 6.07) is 5.46. The third kappa shape index (κ3) is 2.95. The summed E-state index contributed by atoms with van der Waals surface area (Å²) in [6.07, 6.45) is 2.87. The molecule has 2 aromatic rings. The number of rotatable bonds is 5. The largest absolute Gasteiger partial charge is 0.480 e. The normalized spacial score (nSPS) is 13.9. The minimum Gasteiger partial charge on any atom is -0.480 e. The molecule has 0 saturated heterocycles. The molecule has 1 aliphatic carbocycles. The molecule has 1 aromatic carbocycles. The monoisotopic (exact) mass is 304 g/mol. The molecular weight excluding hydrogens is 291 g/mol. The SMILES string of the molecule is O=C(O)CN(C(=O)c1cnn(-c2ccc(F)cc2)n1)C1CC1. The van der Waals surface area contributed by atoms with Gasteiger partial charge < -0.3 is 10.0 Å². The van der Waals surface area contributed by atoms with Gasteiger partial charge in [-0.1, -0.05) is 0 Å². The lowest BCUT2D eigenvalue weighted by Gasteiger charge is -2.18. The van der Waals surface area contributed by atoms with Crippen molar-refractivity contribution < 1.29 is 19.1 Å². The zero-order valence-electron chi connectivity index (χ0n) is 11.5. The van der Waals surface area contributed by atoms with E-state index in [9.17, 15) is 14.0 Å². The second kappa shape index (κ2) is 5.55. The average molecular weight is 304 g/mol. The molecule has 114 valence electrons. The smallest absolute Gasteiger partial charge is 0.323 e. The van der Waals surface area contributed by atoms with Crippen molar-refractivity contribution in [3.05, 3.63) is 42.0 Å². The highest BCUT2D eigenvalue weighted by Gasteiger charge is 2.35. The number of halogens is 1. The lowest BCUT2D eigenvalue weighted by atomic mass is 10.3. The number of nitrogens with zero attached hydrogens (tertiary/aromatic N) is 4. The quantitative estimate of drug-likeness (QED) is 0.893. The molecule has 7 nitrogen and oxygen atoms in total. The first-order valence-electron chi connectivity index (χ1n) is 6.75. The van der Waals surface area contributed by atoms with Crippen molar-refractivity contribution in [1.29, 1.82) is 0 Å². The number of benzene rings is 1. The number of aliphatic carboxylic acids is 1. The maximum Gasteiger partial charge on any atom is 0.323 e. The van der Waals surface area contributed by atoms with Crippen molar-refractivity contribution >= 4 is 11.9 Å². The van der Waals surface area contributed by atoms with E-state index in [0.717, 1.165) is 12.8 Å². The van der Waals surface area contributed by atoms with Crippen molar-refractivity contribution in [3.8, 4) is 5.69 Å². The van der Waals surface area contributed by atoms with Gasteiger partial charge in [0.2, 0.25) is 0 Å². The number of carbonyl (C=O) groups excluding carboxylic acids is 1. The molecule has 22 heavy (non-hydrogen) atoms. The Hall–Kier alpha value is -2.77. The summed E-state index contributed by atoms with van der Waals surface area (Å²) in [4.78, 5) is 25.7. The Labute approximate surface area is 125 Å². The summed E-state index contributed by atoms with van der Waals surface area (Å²) in [7, 11) is 0. The number of hydrogen-bond acceptors (Lipinski definition) is 4. The Bertz CT molecular complexity index is 709. The zero-order valence-corrected chi connectivity index (χ0v) is 11.5. The van der Waals surface area contributed by atoms with Crippen LogP contribution < -0.4 is 0 Å². The van der Waals surface area contributed by atoms with E-state index in [0.29, 0.717) is 5.69 Å². The van der Waals surface area contributed by atoms with E-state index in [1.165, 1.54) is 40.2 Å². The topological polar surface area (TPSA) is 88.3 Å². The highest BCUT2D eigenvalue weighted by atomic mass is 19.1. The summed E-state index contributed by atoms with van der Waals surface area (Å²) in [5.74, 6) is -1.90. The number of aromatic nitrogens is 3. The molecule has 1 aromatic heterocycles. The number of carbonyl (C=O) groups is 2. The van der Waals surface area contributed by atoms with Crippen LogP contribution in [0.3, 0.4) is 0 Å². The summed E-state index contributed by atoms with van der Waals surface area (Å²) >= 11 is 0. The number of amides is 1. The molecule has 0 unspecified atom stereocenters. The Balaban J connectivity index is 1.81. The van der Waals surface area contributed by atoms with Gasteiger partial charge in [-0.3, -0.25) is 9.59 Å². The lowest BCUT2D eigenvalue weighted by Crippen LogP contribution is -2.37. The first-order chi connectivity index (χ1) is 10.5. The summed E-state index contributed by atoms with van der Waals surface area (Å²) in [6.45, 7) is -0.354. The molecule has 3 rings (SSSR count). The van der Waals surface area contributed by atoms with Crippen molar-refractivity contribution in [2.24, 2.45) is 0 Å². The first-order valence-corrected chi connectivity index (χ1v) is 6.75. The molecular formula is C14H13FN4O3. The van der Waals surface area contributed by atoms with E-state index in [4.69, 9.17) is 5.11 Å². The van der Waals surface area contributed by atoms with Crippen molar-refractivity contribution in [3.63, 3.8) is 0 Å². The third-order valence-corrected chi connectivity index (χ3v) is 3.32. The molecule has 1 aliphatic rings. The highest BCUT2D eigenvalue weighted by Crippen LogP contribution is 2.27. The van der Waals surface area contributed by atoms with E-state index in [1.54, 1.807) is 0 Å². The van der Waals surface area contributed by atoms with Crippen LogP contribution in [0.4, 0.5) is 4.39 Å². The van der Waals surface area contributed by atoms with Gasteiger partial charge >= 0.3 is 5.97 Å². The molecule has 0 spiro atoms. The first kappa shape index (κ1) is 14.2. The second-order valence-corrected chi connectivity index (χ2v) is 5.05. The van der Waals surface area contributed by atoms with E-state index < -0.39 is 11.9 Å². The van der Waals surface area contributed by atoms with Crippen LogP contribution >= 0.6 is 0 Å². The van der Waals surface area contributed by atoms with Gasteiger partial charge in [-0.2, -0.15) is 9.90 Å². The van der Waals surface area contributed by atoms with E-state index >= 15 is 0 Å². The Morgan fingerprint density at radius 2 is 2.00 bits per heavy atom. The minimum atomic E-state index is -1.06. The molecule has 0 bridgehead atoms. The summed E-state index contributed by atoms with van der Waals surface area (Å²) < 4.78 is 12.9. The van der Waals surface area contributed by atoms with Gasteiger partial charge in [0.1, 0.15) is 12.4 Å². The maximum absolute atomic E-state index is 12.9. The van der Waals surface area contributed by atoms with E-state index in [2.05, 4.69) is 10.2 Å². The molecule has 1 N–H and O–H groups in total. The summed E-state index contributed by atoms with van der Waals surface area (Å²) in [5.41, 5.74) is 0.578. The average Bonchev–Trinajstić information content (AvgIpc) is 3.21. The van der Waals surface area contributed by atoms with Crippen molar-refractivity contribution in [2.75, 3.05) is 6.54 Å². The Morgan fingerprint density at radius 1 is 1.32 bits per heavy atom. The second-order valence-electron chi connectivity index (χ2n) is 5.05. The van der Waals surface area contributed by atoms with Gasteiger partial charge in [0.25, 0.3) is 5.91 Å². The molecule has 0 aliphatic heterocycles. The predicted octanol–water partition coefficient (Wildman–Crippen LogP) is 1.10. The van der Waals surface area contributed by atoms with E-state index in [1.807, 2.05) is 0 Å². The highest BCUT2D eigenvalue weighted by molar-refractivity contribution is 5.94. The van der Waals surface area contributed by atoms with Crippen LogP contribution in [0.2, 0.25) is 0 Å². The molecule has 1 amide bonds. The Morgan fingerprint density at radius 3 is 2.59 bits per heavy atom. The van der Waals surface area contributed by atoms with Gasteiger partial charge in [-0.25, -0.2) is 4.39 Å². The van der Waals surface area contributed by atoms with Gasteiger partial charge in [0.05, 0.1) is 11.9 Å². The molecule has 0 atom stereocenters. The van der Waals surface area contributed by atoms with Gasteiger partial charge in [0.15, 0.2) is 5.69 Å². The number of hydrogen-bond donors (Lipinski definition) is 1. The van der Waals surface area contributed by atoms with Crippen LogP contribution in [0.15, 0.2) is 30.5 Å². The van der Waals surface area contributed by atoms with Crippen LogP contribution in [0, 0.1) is 5.82 Å². The predicted molar refractivity (Wildman–Crippen MR) is 73.0 cm³/mol. The third-order valence-electron chi connectivity index (χ3n) is 3.32. The minimum absolute atomic E-state index is 0.0421. The van der Waals surface area contributed by atoms with Crippen molar-refractivity contribution in [2.45, 2.75) is 18.9 Å². The van der Waals surface area contributed by atoms with Gasteiger partial charge in [-0.15, -0.1) is 5.10 Å². The fraction of sp³-hybridized carbons (Fsp3) is 0.286. The Kier molecular flexibility index (Phi) is 3.58. The van der Waals surface area contributed by atoms with Crippen molar-refractivity contribution in [1.82, 2.24) is 19.9 Å². The maximum atomic E-state index is 12.9.